The fourth-order valence-electron chi connectivity index (χ4n) is 3.21. The van der Waals surface area contributed by atoms with Crippen molar-refractivity contribution in [1.82, 2.24) is 4.57 Å². The van der Waals surface area contributed by atoms with Gasteiger partial charge in [0.1, 0.15) is 0 Å². The molecule has 2 amide bonds. The average Bonchev–Trinajstić information content (AvgIpc) is 3.12. The molecule has 0 saturated heterocycles. The first-order valence-electron chi connectivity index (χ1n) is 9.12. The Bertz CT molecular complexity index is 1270. The van der Waals surface area contributed by atoms with Gasteiger partial charge in [-0.1, -0.05) is 11.6 Å². The summed E-state index contributed by atoms with van der Waals surface area (Å²) < 4.78 is 40.9. The highest BCUT2D eigenvalue weighted by Gasteiger charge is 2.33. The lowest BCUT2D eigenvalue weighted by atomic mass is 10.2. The monoisotopic (exact) mass is 444 g/mol. The van der Waals surface area contributed by atoms with Gasteiger partial charge in [0.15, 0.2) is 0 Å². The molecule has 31 heavy (non-hydrogen) atoms. The molecule has 0 saturated carbocycles. The molecule has 0 fully saturated rings. The molecular weight excluding hydrogens is 429 g/mol. The zero-order valence-electron chi connectivity index (χ0n) is 15.9. The number of amides is 2. The van der Waals surface area contributed by atoms with E-state index >= 15 is 0 Å². The van der Waals surface area contributed by atoms with Crippen LogP contribution in [0.3, 0.4) is 0 Å². The molecule has 4 N–H and O–H groups in total. The van der Waals surface area contributed by atoms with Crippen LogP contribution in [0.25, 0.3) is 16.6 Å². The summed E-state index contributed by atoms with van der Waals surface area (Å²) >= 11 is 5.59. The number of alkyl halides is 3. The summed E-state index contributed by atoms with van der Waals surface area (Å²) in [6.45, 7) is 0. The van der Waals surface area contributed by atoms with Gasteiger partial charge in [-0.2, -0.15) is 13.2 Å². The van der Waals surface area contributed by atoms with E-state index in [-0.39, 0.29) is 5.69 Å². The minimum absolute atomic E-state index is 0.0241. The van der Waals surface area contributed by atoms with Crippen LogP contribution in [-0.2, 0) is 6.18 Å². The molecule has 1 aromatic heterocycles. The number of halogens is 4. The number of hydrogen-bond acceptors (Lipinski definition) is 2. The van der Waals surface area contributed by atoms with Gasteiger partial charge in [0.2, 0.25) is 0 Å². The van der Waals surface area contributed by atoms with Crippen LogP contribution < -0.4 is 16.4 Å². The molecule has 0 radical (unpaired) electrons. The van der Waals surface area contributed by atoms with Crippen LogP contribution >= 0.6 is 11.6 Å². The topological polar surface area (TPSA) is 72.1 Å². The van der Waals surface area contributed by atoms with Crippen molar-refractivity contribution in [2.75, 3.05) is 16.4 Å². The van der Waals surface area contributed by atoms with E-state index in [1.165, 1.54) is 6.07 Å². The largest absolute Gasteiger partial charge is 0.417 e. The lowest BCUT2D eigenvalue weighted by Crippen LogP contribution is -2.20. The molecule has 158 valence electrons. The van der Waals surface area contributed by atoms with Crippen LogP contribution in [0.4, 0.5) is 35.0 Å². The van der Waals surface area contributed by atoms with Crippen LogP contribution in [-0.4, -0.2) is 10.6 Å². The van der Waals surface area contributed by atoms with Crippen molar-refractivity contribution >= 4 is 45.6 Å². The number of fused-ring (bicyclic) bond motifs is 1. The van der Waals surface area contributed by atoms with Crippen molar-refractivity contribution in [3.05, 3.63) is 83.5 Å². The fraction of sp³-hybridized carbons (Fsp3) is 0.0455. The van der Waals surface area contributed by atoms with E-state index in [0.717, 1.165) is 28.7 Å². The average molecular weight is 445 g/mol. The summed E-state index contributed by atoms with van der Waals surface area (Å²) in [4.78, 5) is 12.2. The predicted molar refractivity (Wildman–Crippen MR) is 117 cm³/mol. The fourth-order valence-corrected chi connectivity index (χ4v) is 3.43. The highest BCUT2D eigenvalue weighted by molar-refractivity contribution is 6.31. The lowest BCUT2D eigenvalue weighted by molar-refractivity contribution is -0.137. The van der Waals surface area contributed by atoms with Gasteiger partial charge in [-0.05, 0) is 66.7 Å². The second-order valence-corrected chi connectivity index (χ2v) is 7.23. The summed E-state index contributed by atoms with van der Waals surface area (Å²) in [5.41, 5.74) is 7.79. The van der Waals surface area contributed by atoms with Gasteiger partial charge in [-0.15, -0.1) is 0 Å². The van der Waals surface area contributed by atoms with Crippen molar-refractivity contribution in [3.63, 3.8) is 0 Å². The Morgan fingerprint density at radius 1 is 0.903 bits per heavy atom. The summed E-state index contributed by atoms with van der Waals surface area (Å²) in [6, 6.07) is 17.1. The maximum Gasteiger partial charge on any atom is 0.417 e. The Balaban J connectivity index is 1.47. The third-order valence-electron chi connectivity index (χ3n) is 4.65. The number of benzene rings is 3. The number of carbonyl (C=O) groups excluding carboxylic acids is 1. The predicted octanol–water partition coefficient (Wildman–Crippen LogP) is 6.53. The first kappa shape index (κ1) is 20.6. The number of rotatable bonds is 3. The van der Waals surface area contributed by atoms with E-state index in [4.69, 9.17) is 17.3 Å². The highest BCUT2D eigenvalue weighted by Crippen LogP contribution is 2.36. The Kier molecular flexibility index (Phi) is 5.24. The molecule has 0 bridgehead atoms. The molecule has 4 rings (SSSR count). The highest BCUT2D eigenvalue weighted by atomic mass is 35.5. The van der Waals surface area contributed by atoms with E-state index in [0.29, 0.717) is 11.4 Å². The number of aromatic nitrogens is 1. The maximum atomic E-state index is 13.0. The number of nitrogens with one attached hydrogen (secondary N) is 2. The van der Waals surface area contributed by atoms with E-state index in [1.54, 1.807) is 12.1 Å². The zero-order chi connectivity index (χ0) is 22.2. The van der Waals surface area contributed by atoms with Crippen LogP contribution in [0.5, 0.6) is 0 Å². The van der Waals surface area contributed by atoms with Crippen molar-refractivity contribution < 1.29 is 18.0 Å². The van der Waals surface area contributed by atoms with Gasteiger partial charge >= 0.3 is 12.2 Å². The second-order valence-electron chi connectivity index (χ2n) is 6.82. The standard InChI is InChI=1S/C22H16ClF3N4O/c23-19-7-4-16(12-18(19)22(24,25)26)29-21(31)28-15-2-5-17(6-3-15)30-10-9-13-11-14(27)1-8-20(13)30/h1-12H,27H2,(H2,28,29,31). The van der Waals surface area contributed by atoms with Crippen LogP contribution in [0.1, 0.15) is 5.56 Å². The molecule has 0 spiro atoms. The number of anilines is 3. The van der Waals surface area contributed by atoms with Crippen LogP contribution in [0.15, 0.2) is 72.9 Å². The lowest BCUT2D eigenvalue weighted by Gasteiger charge is -2.13. The van der Waals surface area contributed by atoms with Gasteiger partial charge in [-0.3, -0.25) is 0 Å². The van der Waals surface area contributed by atoms with Crippen molar-refractivity contribution in [2.45, 2.75) is 6.18 Å². The first-order valence-corrected chi connectivity index (χ1v) is 9.50. The smallest absolute Gasteiger partial charge is 0.399 e. The molecule has 0 unspecified atom stereocenters. The van der Waals surface area contributed by atoms with E-state index in [9.17, 15) is 18.0 Å². The van der Waals surface area contributed by atoms with Crippen LogP contribution in [0, 0.1) is 0 Å². The van der Waals surface area contributed by atoms with E-state index in [1.807, 2.05) is 47.2 Å². The van der Waals surface area contributed by atoms with E-state index in [2.05, 4.69) is 10.6 Å². The van der Waals surface area contributed by atoms with Gasteiger partial charge in [-0.25, -0.2) is 4.79 Å². The van der Waals surface area contributed by atoms with Crippen molar-refractivity contribution in [2.24, 2.45) is 0 Å². The van der Waals surface area contributed by atoms with Gasteiger partial charge < -0.3 is 20.9 Å². The Hall–Kier alpha value is -3.65. The maximum absolute atomic E-state index is 13.0. The molecule has 3 aromatic carbocycles. The first-order chi connectivity index (χ1) is 14.7. The minimum atomic E-state index is -4.62. The molecular formula is C22H16ClF3N4O. The summed E-state index contributed by atoms with van der Waals surface area (Å²) in [5, 5.41) is 5.53. The number of nitrogens with zero attached hydrogens (tertiary/aromatic N) is 1. The molecule has 9 heteroatoms. The number of hydrogen-bond donors (Lipinski definition) is 3. The zero-order valence-corrected chi connectivity index (χ0v) is 16.6. The number of nitrogen functional groups attached to an aromatic ring is 1. The van der Waals surface area contributed by atoms with Gasteiger partial charge in [0.05, 0.1) is 16.1 Å². The number of urea groups is 1. The Morgan fingerprint density at radius 3 is 2.29 bits per heavy atom. The molecule has 1 heterocycles. The summed E-state index contributed by atoms with van der Waals surface area (Å²) in [6.07, 6.45) is -2.70. The minimum Gasteiger partial charge on any atom is -0.399 e. The third kappa shape index (κ3) is 4.44. The van der Waals surface area contributed by atoms with Gasteiger partial charge in [0.25, 0.3) is 0 Å². The normalized spacial score (nSPS) is 11.5. The molecule has 0 atom stereocenters. The third-order valence-corrected chi connectivity index (χ3v) is 4.98. The van der Waals surface area contributed by atoms with Crippen LogP contribution in [0.2, 0.25) is 5.02 Å². The molecule has 5 nitrogen and oxygen atoms in total. The number of carbonyl (C=O) groups is 1. The number of nitrogens with two attached hydrogens (primary N) is 1. The van der Waals surface area contributed by atoms with Crippen molar-refractivity contribution in [3.8, 4) is 5.69 Å². The van der Waals surface area contributed by atoms with E-state index < -0.39 is 22.8 Å². The molecule has 0 aliphatic heterocycles. The summed E-state index contributed by atoms with van der Waals surface area (Å²) in [7, 11) is 0. The SMILES string of the molecule is Nc1ccc2c(ccn2-c2ccc(NC(=O)Nc3ccc(Cl)c(C(F)(F)F)c3)cc2)c1. The quantitative estimate of drug-likeness (QED) is 0.314. The molecule has 4 aromatic rings. The second kappa shape index (κ2) is 7.88. The Morgan fingerprint density at radius 2 is 1.58 bits per heavy atom. The Labute approximate surface area is 180 Å². The molecule has 0 aliphatic carbocycles. The summed E-state index contributed by atoms with van der Waals surface area (Å²) in [5.74, 6) is 0. The van der Waals surface area contributed by atoms with Crippen molar-refractivity contribution in [1.29, 1.82) is 0 Å². The van der Waals surface area contributed by atoms with Gasteiger partial charge in [0, 0.05) is 34.3 Å². The molecule has 0 aliphatic rings.